The Balaban J connectivity index is 0.000000179. The lowest BCUT2D eigenvalue weighted by atomic mass is 10.3. The highest BCUT2D eigenvalue weighted by Crippen LogP contribution is 2.34. The number of fused-ring (bicyclic) bond motifs is 3. The second-order valence-electron chi connectivity index (χ2n) is 15.6. The molecule has 9 aromatic rings. The number of carbonyl (C=O) groups excluding carboxylic acids is 4. The third-order valence-corrected chi connectivity index (χ3v) is 14.0. The molecular formula is C52H48N6O17S3. The number of carboxylic acid groups (broad SMARTS) is 1. The Labute approximate surface area is 453 Å². The number of rotatable bonds is 11. The van der Waals surface area contributed by atoms with Crippen LogP contribution in [0.25, 0.3) is 30.8 Å². The van der Waals surface area contributed by atoms with Crippen LogP contribution in [0, 0.1) is 0 Å². The molecule has 6 N–H and O–H groups in total. The summed E-state index contributed by atoms with van der Waals surface area (Å²) >= 11 is 3.74. The van der Waals surface area contributed by atoms with Crippen molar-refractivity contribution in [3.8, 4) is 17.2 Å². The van der Waals surface area contributed by atoms with Crippen molar-refractivity contribution in [3.05, 3.63) is 157 Å². The molecular weight excluding hydrogens is 1080 g/mol. The van der Waals surface area contributed by atoms with E-state index in [0.29, 0.717) is 47.9 Å². The van der Waals surface area contributed by atoms with E-state index in [1.807, 2.05) is 12.1 Å². The molecule has 6 aromatic heterocycles. The maximum absolute atomic E-state index is 12.5. The van der Waals surface area contributed by atoms with Crippen molar-refractivity contribution in [2.24, 2.45) is 0 Å². The van der Waals surface area contributed by atoms with Crippen LogP contribution < -0.4 is 62.6 Å². The SMILES string of the molecule is CNc1cc2oc(=O)c(C(=O)OC)cc2s1.COC(=O)c1cc2sc(N(C)C(=O)Nc3ccc(OC)cc3)cc2oc1=O.COc1ccc(N)cc1.COc1ccc(NC(=O)N(C)c2cc3oc(=O)c(C(=O)O)cc3s2)cc1. The van der Waals surface area contributed by atoms with Crippen LogP contribution in [0.5, 0.6) is 17.2 Å². The van der Waals surface area contributed by atoms with Crippen LogP contribution in [-0.4, -0.2) is 91.8 Å². The third-order valence-electron chi connectivity index (χ3n) is 10.6. The van der Waals surface area contributed by atoms with E-state index >= 15 is 0 Å². The van der Waals surface area contributed by atoms with E-state index in [9.17, 15) is 38.4 Å². The molecule has 0 saturated heterocycles. The molecule has 78 heavy (non-hydrogen) atoms. The Morgan fingerprint density at radius 3 is 1.22 bits per heavy atom. The molecule has 0 atom stereocenters. The number of nitrogens with zero attached hydrogens (tertiary/aromatic N) is 2. The average Bonchev–Trinajstić information content (AvgIpc) is 4.21. The Morgan fingerprint density at radius 1 is 0.513 bits per heavy atom. The minimum absolute atomic E-state index is 0.0838. The number of carboxylic acids is 1. The first kappa shape index (κ1) is 57.6. The highest BCUT2D eigenvalue weighted by Gasteiger charge is 2.21. The van der Waals surface area contributed by atoms with E-state index in [4.69, 9.17) is 38.3 Å². The number of nitrogen functional groups attached to an aromatic ring is 1. The van der Waals surface area contributed by atoms with Crippen molar-refractivity contribution in [3.63, 3.8) is 0 Å². The smallest absolute Gasteiger partial charge is 0.351 e. The largest absolute Gasteiger partial charge is 0.497 e. The number of amides is 4. The molecule has 0 aliphatic heterocycles. The van der Waals surface area contributed by atoms with Gasteiger partial charge in [-0.3, -0.25) is 9.80 Å². The molecule has 0 aliphatic rings. The first-order chi connectivity index (χ1) is 37.3. The number of esters is 2. The number of thiophene rings is 3. The van der Waals surface area contributed by atoms with Crippen molar-refractivity contribution in [2.75, 3.05) is 88.2 Å². The highest BCUT2D eigenvalue weighted by atomic mass is 32.1. The number of urea groups is 2. The van der Waals surface area contributed by atoms with Crippen molar-refractivity contribution in [1.29, 1.82) is 0 Å². The van der Waals surface area contributed by atoms with Gasteiger partial charge in [0.15, 0.2) is 16.7 Å². The molecule has 0 saturated carbocycles. The van der Waals surface area contributed by atoms with Crippen LogP contribution >= 0.6 is 34.0 Å². The molecule has 406 valence electrons. The van der Waals surface area contributed by atoms with E-state index in [1.54, 1.807) is 115 Å². The van der Waals surface area contributed by atoms with Crippen LogP contribution in [0.15, 0.2) is 137 Å². The van der Waals surface area contributed by atoms with Crippen molar-refractivity contribution in [2.45, 2.75) is 0 Å². The van der Waals surface area contributed by atoms with Crippen LogP contribution in [0.2, 0.25) is 0 Å². The van der Waals surface area contributed by atoms with Crippen molar-refractivity contribution < 1.29 is 66.0 Å². The molecule has 0 bridgehead atoms. The van der Waals surface area contributed by atoms with E-state index in [-0.39, 0.29) is 28.3 Å². The molecule has 26 heteroatoms. The van der Waals surface area contributed by atoms with Gasteiger partial charge in [0.05, 0.1) is 54.6 Å². The summed E-state index contributed by atoms with van der Waals surface area (Å²) in [6, 6.07) is 29.2. The molecule has 0 spiro atoms. The first-order valence-corrected chi connectivity index (χ1v) is 24.8. The van der Waals surface area contributed by atoms with Gasteiger partial charge in [-0.05, 0) is 91.0 Å². The Bertz CT molecular complexity index is 3790. The lowest BCUT2D eigenvalue weighted by Crippen LogP contribution is -2.30. The van der Waals surface area contributed by atoms with Gasteiger partial charge in [-0.1, -0.05) is 0 Å². The number of hydrogen-bond donors (Lipinski definition) is 5. The summed E-state index contributed by atoms with van der Waals surface area (Å²) in [5, 5.41) is 19.3. The number of nitrogens with two attached hydrogens (primary N) is 1. The quantitative estimate of drug-likeness (QED) is 0.0594. The van der Waals surface area contributed by atoms with Gasteiger partial charge in [0.2, 0.25) is 0 Å². The molecule has 3 aromatic carbocycles. The molecule has 23 nitrogen and oxygen atoms in total. The zero-order valence-electron chi connectivity index (χ0n) is 42.6. The summed E-state index contributed by atoms with van der Waals surface area (Å²) in [5.74, 6) is -0.626. The number of ether oxygens (including phenoxy) is 5. The average molecular weight is 1130 g/mol. The molecule has 0 fully saturated rings. The number of hydrogen-bond acceptors (Lipinski definition) is 21. The predicted octanol–water partition coefficient (Wildman–Crippen LogP) is 9.51. The normalized spacial score (nSPS) is 10.3. The number of carbonyl (C=O) groups is 5. The van der Waals surface area contributed by atoms with Crippen LogP contribution in [0.1, 0.15) is 31.1 Å². The van der Waals surface area contributed by atoms with E-state index in [2.05, 4.69) is 25.4 Å². The molecule has 0 aliphatic carbocycles. The van der Waals surface area contributed by atoms with E-state index in [0.717, 1.165) is 32.5 Å². The number of nitrogens with one attached hydrogen (secondary N) is 3. The van der Waals surface area contributed by atoms with Crippen LogP contribution in [0.4, 0.5) is 41.7 Å². The fraction of sp³-hybridized carbons (Fsp3) is 0.154. The fourth-order valence-corrected chi connectivity index (χ4v) is 9.25. The summed E-state index contributed by atoms with van der Waals surface area (Å²) < 4.78 is 41.0. The molecule has 6 heterocycles. The second-order valence-corrected chi connectivity index (χ2v) is 18.8. The highest BCUT2D eigenvalue weighted by molar-refractivity contribution is 7.23. The topological polar surface area (TPSA) is 311 Å². The summed E-state index contributed by atoms with van der Waals surface area (Å²) in [5.41, 5.74) is 5.23. The number of benzene rings is 3. The van der Waals surface area contributed by atoms with Gasteiger partial charge in [0.1, 0.15) is 43.9 Å². The van der Waals surface area contributed by atoms with Gasteiger partial charge in [-0.15, -0.1) is 34.0 Å². The lowest BCUT2D eigenvalue weighted by Gasteiger charge is -2.15. The maximum atomic E-state index is 12.5. The predicted molar refractivity (Wildman–Crippen MR) is 299 cm³/mol. The minimum atomic E-state index is -1.36. The minimum Gasteiger partial charge on any atom is -0.497 e. The summed E-state index contributed by atoms with van der Waals surface area (Å²) in [6.45, 7) is 0. The number of anilines is 6. The maximum Gasteiger partial charge on any atom is 0.351 e. The Kier molecular flexibility index (Phi) is 19.4. The van der Waals surface area contributed by atoms with Crippen LogP contribution in [0.3, 0.4) is 0 Å². The van der Waals surface area contributed by atoms with E-state index in [1.165, 1.54) is 71.0 Å². The Morgan fingerprint density at radius 2 is 0.859 bits per heavy atom. The third kappa shape index (κ3) is 14.4. The monoisotopic (exact) mass is 1120 g/mol. The molecule has 0 radical (unpaired) electrons. The number of methoxy groups -OCH3 is 5. The van der Waals surface area contributed by atoms with Gasteiger partial charge >= 0.3 is 46.8 Å². The second kappa shape index (κ2) is 26.2. The van der Waals surface area contributed by atoms with Gasteiger partial charge in [-0.25, -0.2) is 38.4 Å². The first-order valence-electron chi connectivity index (χ1n) is 22.4. The fourth-order valence-electron chi connectivity index (χ4n) is 6.39. The Hall–Kier alpha value is -9.66. The zero-order valence-corrected chi connectivity index (χ0v) is 45.0. The van der Waals surface area contributed by atoms with Gasteiger partial charge in [0.25, 0.3) is 0 Å². The van der Waals surface area contributed by atoms with Crippen molar-refractivity contribution >= 4 is 127 Å². The summed E-state index contributed by atoms with van der Waals surface area (Å²) in [7, 11) is 12.1. The molecule has 9 rings (SSSR count). The van der Waals surface area contributed by atoms with Crippen LogP contribution in [-0.2, 0) is 9.47 Å². The van der Waals surface area contributed by atoms with E-state index < -0.39 is 46.4 Å². The lowest BCUT2D eigenvalue weighted by molar-refractivity contribution is 0.0587. The standard InChI is InChI=1S/C18H16N2O6S.C17H14N2O6S.C10H9NO4S.C7H9NO/c1-20(18(23)19-10-4-6-11(24-2)7-5-10)15-9-13-14(27-15)8-12(16(21)25-3)17(22)26-13;1-19(17(23)18-9-3-5-10(24-2)6-4-9)14-8-12-13(26-14)7-11(15(20)21)16(22)25-12;1-11-8-4-6-7(16-8)3-5(9(12)14-2)10(13)15-6;1-9-7-4-2-6(8)3-5-7/h4-9H,1-3H3,(H,19,23);3-8H,1-2H3,(H,18,23)(H,20,21);3-4,11H,1-2H3;2-5H,8H2,1H3. The van der Waals surface area contributed by atoms with Gasteiger partial charge in [-0.2, -0.15) is 0 Å². The summed E-state index contributed by atoms with van der Waals surface area (Å²) in [6.07, 6.45) is 0. The zero-order chi connectivity index (χ0) is 56.8. The van der Waals surface area contributed by atoms with Gasteiger partial charge in [0, 0.05) is 56.4 Å². The summed E-state index contributed by atoms with van der Waals surface area (Å²) in [4.78, 5) is 96.4. The number of aromatic carboxylic acids is 1. The molecule has 0 unspecified atom stereocenters. The van der Waals surface area contributed by atoms with Gasteiger partial charge < -0.3 is 63.7 Å². The van der Waals surface area contributed by atoms with Crippen molar-refractivity contribution in [1.82, 2.24) is 0 Å². The molecule has 4 amide bonds.